The highest BCUT2D eigenvalue weighted by Crippen LogP contribution is 2.29. The molecule has 0 radical (unpaired) electrons. The number of hydrogen-bond donors (Lipinski definition) is 1. The first-order chi connectivity index (χ1) is 11.4. The molecule has 24 heavy (non-hydrogen) atoms. The third-order valence-electron chi connectivity index (χ3n) is 3.03. The van der Waals surface area contributed by atoms with Gasteiger partial charge in [-0.3, -0.25) is 4.72 Å². The number of hydrogen-bond acceptors (Lipinski definition) is 5. The molecule has 1 N–H and O–H groups in total. The smallest absolute Gasteiger partial charge is 0.337 e. The molecule has 0 unspecified atom stereocenters. The molecule has 0 aromatic heterocycles. The molecule has 2 aromatic carbocycles. The summed E-state index contributed by atoms with van der Waals surface area (Å²) >= 11 is 3.26. The Morgan fingerprint density at radius 2 is 1.96 bits per heavy atom. The van der Waals surface area contributed by atoms with Crippen molar-refractivity contribution in [2.75, 3.05) is 18.4 Å². The van der Waals surface area contributed by atoms with Gasteiger partial charge in [-0.05, 0) is 43.3 Å². The third-order valence-corrected chi connectivity index (χ3v) is 4.93. The highest BCUT2D eigenvalue weighted by molar-refractivity contribution is 9.10. The Balaban J connectivity index is 2.39. The molecule has 0 saturated carbocycles. The maximum absolute atomic E-state index is 12.7. The predicted molar refractivity (Wildman–Crippen MR) is 93.9 cm³/mol. The lowest BCUT2D eigenvalue weighted by molar-refractivity contribution is 0.0601. The number of sulfonamides is 1. The van der Waals surface area contributed by atoms with E-state index < -0.39 is 16.0 Å². The molecule has 0 bridgehead atoms. The number of esters is 1. The lowest BCUT2D eigenvalue weighted by Gasteiger charge is -2.13. The summed E-state index contributed by atoms with van der Waals surface area (Å²) in [4.78, 5) is 11.6. The maximum Gasteiger partial charge on any atom is 0.337 e. The Labute approximate surface area is 149 Å². The molecule has 2 rings (SSSR count). The van der Waals surface area contributed by atoms with Gasteiger partial charge in [-0.1, -0.05) is 22.0 Å². The predicted octanol–water partition coefficient (Wildman–Crippen LogP) is 3.44. The van der Waals surface area contributed by atoms with Gasteiger partial charge in [0, 0.05) is 10.2 Å². The van der Waals surface area contributed by atoms with Crippen LogP contribution in [-0.4, -0.2) is 28.1 Å². The number of carbonyl (C=O) groups is 1. The van der Waals surface area contributed by atoms with E-state index in [2.05, 4.69) is 25.4 Å². The molecule has 0 aliphatic heterocycles. The van der Waals surface area contributed by atoms with E-state index in [1.165, 1.54) is 25.3 Å². The van der Waals surface area contributed by atoms with Crippen LogP contribution in [-0.2, 0) is 14.8 Å². The fourth-order valence-electron chi connectivity index (χ4n) is 2.00. The van der Waals surface area contributed by atoms with Crippen LogP contribution in [0, 0.1) is 0 Å². The van der Waals surface area contributed by atoms with Gasteiger partial charge in [-0.15, -0.1) is 0 Å². The molecule has 8 heteroatoms. The summed E-state index contributed by atoms with van der Waals surface area (Å²) in [5.41, 5.74) is 0.497. The first-order valence-electron chi connectivity index (χ1n) is 7.01. The zero-order valence-electron chi connectivity index (χ0n) is 13.1. The van der Waals surface area contributed by atoms with Crippen LogP contribution in [0.5, 0.6) is 5.75 Å². The molecule has 0 spiro atoms. The monoisotopic (exact) mass is 413 g/mol. The number of nitrogens with one attached hydrogen (secondary N) is 1. The van der Waals surface area contributed by atoms with Crippen LogP contribution < -0.4 is 9.46 Å². The van der Waals surface area contributed by atoms with Crippen molar-refractivity contribution < 1.29 is 22.7 Å². The minimum absolute atomic E-state index is 0.00203. The minimum Gasteiger partial charge on any atom is -0.492 e. The Morgan fingerprint density at radius 3 is 2.62 bits per heavy atom. The average Bonchev–Trinajstić information content (AvgIpc) is 2.55. The van der Waals surface area contributed by atoms with E-state index in [0.29, 0.717) is 11.1 Å². The van der Waals surface area contributed by atoms with E-state index in [4.69, 9.17) is 4.74 Å². The van der Waals surface area contributed by atoms with Gasteiger partial charge in [0.15, 0.2) is 0 Å². The highest BCUT2D eigenvalue weighted by atomic mass is 79.9. The number of carbonyl (C=O) groups excluding carboxylic acids is 1. The van der Waals surface area contributed by atoms with Gasteiger partial charge in [-0.2, -0.15) is 0 Å². The molecular formula is C16H16BrNO5S. The topological polar surface area (TPSA) is 81.7 Å². The SMILES string of the molecule is CCOc1ccc(Br)cc1S(=O)(=O)Nc1cccc(C(=O)OC)c1. The van der Waals surface area contributed by atoms with Crippen LogP contribution in [0.4, 0.5) is 5.69 Å². The Hall–Kier alpha value is -2.06. The van der Waals surface area contributed by atoms with Crippen molar-refractivity contribution in [1.29, 1.82) is 0 Å². The minimum atomic E-state index is -3.89. The first-order valence-corrected chi connectivity index (χ1v) is 9.28. The number of halogens is 1. The van der Waals surface area contributed by atoms with E-state index in [0.717, 1.165) is 0 Å². The van der Waals surface area contributed by atoms with E-state index >= 15 is 0 Å². The summed E-state index contributed by atoms with van der Waals surface area (Å²) in [7, 11) is -2.64. The number of anilines is 1. The Kier molecular flexibility index (Phi) is 5.84. The van der Waals surface area contributed by atoms with Crippen molar-refractivity contribution in [1.82, 2.24) is 0 Å². The molecule has 0 saturated heterocycles. The highest BCUT2D eigenvalue weighted by Gasteiger charge is 2.21. The molecule has 0 heterocycles. The molecule has 0 fully saturated rings. The quantitative estimate of drug-likeness (QED) is 0.733. The molecular weight excluding hydrogens is 398 g/mol. The second-order valence-corrected chi connectivity index (χ2v) is 7.27. The summed E-state index contributed by atoms with van der Waals surface area (Å²) < 4.78 is 38.4. The average molecular weight is 414 g/mol. The van der Waals surface area contributed by atoms with Crippen molar-refractivity contribution in [3.05, 3.63) is 52.5 Å². The number of ether oxygens (including phenoxy) is 2. The fourth-order valence-corrected chi connectivity index (χ4v) is 3.74. The van der Waals surface area contributed by atoms with Crippen LogP contribution in [0.15, 0.2) is 51.8 Å². The zero-order chi connectivity index (χ0) is 17.7. The number of methoxy groups -OCH3 is 1. The van der Waals surface area contributed by atoms with Crippen LogP contribution in [0.2, 0.25) is 0 Å². The van der Waals surface area contributed by atoms with E-state index in [-0.39, 0.29) is 21.9 Å². The molecule has 6 nitrogen and oxygen atoms in total. The zero-order valence-corrected chi connectivity index (χ0v) is 15.5. The summed E-state index contributed by atoms with van der Waals surface area (Å²) in [6.07, 6.45) is 0. The van der Waals surface area contributed by atoms with Gasteiger partial charge in [0.25, 0.3) is 10.0 Å². The van der Waals surface area contributed by atoms with Gasteiger partial charge in [0.05, 0.1) is 19.3 Å². The summed E-state index contributed by atoms with van der Waals surface area (Å²) in [5.74, 6) is -0.300. The molecule has 0 aliphatic rings. The van der Waals surface area contributed by atoms with Crippen molar-refractivity contribution in [2.24, 2.45) is 0 Å². The second-order valence-electron chi connectivity index (χ2n) is 4.70. The van der Waals surface area contributed by atoms with Crippen LogP contribution >= 0.6 is 15.9 Å². The van der Waals surface area contributed by atoms with Crippen molar-refractivity contribution in [3.63, 3.8) is 0 Å². The van der Waals surface area contributed by atoms with Gasteiger partial charge in [0.2, 0.25) is 0 Å². The number of benzene rings is 2. The van der Waals surface area contributed by atoms with E-state index in [1.54, 1.807) is 31.2 Å². The van der Waals surface area contributed by atoms with Crippen molar-refractivity contribution in [3.8, 4) is 5.75 Å². The van der Waals surface area contributed by atoms with Crippen LogP contribution in [0.1, 0.15) is 17.3 Å². The lowest BCUT2D eigenvalue weighted by atomic mass is 10.2. The number of rotatable bonds is 6. The third kappa shape index (κ3) is 4.27. The molecule has 2 aromatic rings. The molecule has 128 valence electrons. The summed E-state index contributed by atoms with van der Waals surface area (Å²) in [6.45, 7) is 2.10. The standard InChI is InChI=1S/C16H16BrNO5S/c1-3-23-14-8-7-12(17)10-15(14)24(20,21)18-13-6-4-5-11(9-13)16(19)22-2/h4-10,18H,3H2,1-2H3. The van der Waals surface area contributed by atoms with E-state index in [1.807, 2.05) is 0 Å². The normalized spacial score (nSPS) is 11.0. The fraction of sp³-hybridized carbons (Fsp3) is 0.188. The van der Waals surface area contributed by atoms with Gasteiger partial charge in [-0.25, -0.2) is 13.2 Å². The lowest BCUT2D eigenvalue weighted by Crippen LogP contribution is -2.15. The summed E-state index contributed by atoms with van der Waals surface area (Å²) in [6, 6.07) is 10.8. The largest absolute Gasteiger partial charge is 0.492 e. The molecule has 0 aliphatic carbocycles. The van der Waals surface area contributed by atoms with Gasteiger partial charge >= 0.3 is 5.97 Å². The van der Waals surface area contributed by atoms with Crippen molar-refractivity contribution in [2.45, 2.75) is 11.8 Å². The first kappa shape index (κ1) is 18.3. The van der Waals surface area contributed by atoms with E-state index in [9.17, 15) is 13.2 Å². The molecule has 0 amide bonds. The molecule has 0 atom stereocenters. The maximum atomic E-state index is 12.7. The Morgan fingerprint density at radius 1 is 1.21 bits per heavy atom. The van der Waals surface area contributed by atoms with Gasteiger partial charge < -0.3 is 9.47 Å². The van der Waals surface area contributed by atoms with Crippen LogP contribution in [0.3, 0.4) is 0 Å². The summed E-state index contributed by atoms with van der Waals surface area (Å²) in [5, 5.41) is 0. The second kappa shape index (κ2) is 7.67. The van der Waals surface area contributed by atoms with Gasteiger partial charge in [0.1, 0.15) is 10.6 Å². The Bertz CT molecular complexity index is 851. The van der Waals surface area contributed by atoms with Crippen LogP contribution in [0.25, 0.3) is 0 Å². The van der Waals surface area contributed by atoms with Crippen molar-refractivity contribution >= 4 is 37.6 Å².